The van der Waals surface area contributed by atoms with Crippen LogP contribution in [0.4, 0.5) is 4.39 Å². The van der Waals surface area contributed by atoms with E-state index in [4.69, 9.17) is 21.1 Å². The topological polar surface area (TPSA) is 65.5 Å². The van der Waals surface area contributed by atoms with Gasteiger partial charge in [-0.2, -0.15) is 0 Å². The largest absolute Gasteiger partial charge is 0.497 e. The van der Waals surface area contributed by atoms with Crippen LogP contribution >= 0.6 is 11.6 Å². The van der Waals surface area contributed by atoms with Crippen LogP contribution in [-0.4, -0.2) is 27.6 Å². The van der Waals surface area contributed by atoms with E-state index in [1.165, 1.54) is 50.7 Å². The molecule has 31 heavy (non-hydrogen) atoms. The molecule has 8 heteroatoms. The molecule has 0 radical (unpaired) electrons. The van der Waals surface area contributed by atoms with Gasteiger partial charge in [0.2, 0.25) is 9.84 Å². The summed E-state index contributed by atoms with van der Waals surface area (Å²) in [5.41, 5.74) is 0.956. The Hall–Kier alpha value is -3.16. The van der Waals surface area contributed by atoms with Crippen molar-refractivity contribution in [3.63, 3.8) is 0 Å². The van der Waals surface area contributed by atoms with Gasteiger partial charge in [0, 0.05) is 17.1 Å². The smallest absolute Gasteiger partial charge is 0.208 e. The van der Waals surface area contributed by atoms with Crippen molar-refractivity contribution < 1.29 is 22.3 Å². The zero-order chi connectivity index (χ0) is 22.2. The normalized spacial score (nSPS) is 11.5. The molecular weight excluding hydrogens is 441 g/mol. The Morgan fingerprint density at radius 3 is 2.45 bits per heavy atom. The van der Waals surface area contributed by atoms with Crippen molar-refractivity contribution in [1.82, 2.24) is 4.98 Å². The van der Waals surface area contributed by atoms with E-state index in [0.29, 0.717) is 28.0 Å². The summed E-state index contributed by atoms with van der Waals surface area (Å²) in [4.78, 5) is 4.02. The number of hydrogen-bond donors (Lipinski definition) is 0. The molecule has 0 saturated carbocycles. The van der Waals surface area contributed by atoms with Crippen LogP contribution in [0.2, 0.25) is 5.02 Å². The second kappa shape index (κ2) is 8.17. The summed E-state index contributed by atoms with van der Waals surface area (Å²) in [6.07, 6.45) is 1.17. The number of aromatic nitrogens is 1. The van der Waals surface area contributed by atoms with Crippen LogP contribution in [0.25, 0.3) is 22.0 Å². The van der Waals surface area contributed by atoms with E-state index in [2.05, 4.69) is 4.98 Å². The minimum atomic E-state index is -4.05. The van der Waals surface area contributed by atoms with Gasteiger partial charge in [-0.15, -0.1) is 0 Å². The highest BCUT2D eigenvalue weighted by Gasteiger charge is 2.26. The Morgan fingerprint density at radius 1 is 0.968 bits per heavy atom. The highest BCUT2D eigenvalue weighted by atomic mass is 35.5. The zero-order valence-electron chi connectivity index (χ0n) is 16.6. The van der Waals surface area contributed by atoms with E-state index >= 15 is 0 Å². The lowest BCUT2D eigenvalue weighted by Crippen LogP contribution is -2.06. The number of rotatable bonds is 5. The van der Waals surface area contributed by atoms with Gasteiger partial charge in [-0.3, -0.25) is 4.98 Å². The molecule has 0 aliphatic carbocycles. The second-order valence-corrected chi connectivity index (χ2v) is 8.99. The Bertz CT molecular complexity index is 1410. The zero-order valence-corrected chi connectivity index (χ0v) is 18.2. The summed E-state index contributed by atoms with van der Waals surface area (Å²) < 4.78 is 52.0. The van der Waals surface area contributed by atoms with E-state index in [9.17, 15) is 12.8 Å². The van der Waals surface area contributed by atoms with Crippen molar-refractivity contribution in [3.05, 3.63) is 77.7 Å². The second-order valence-electron chi connectivity index (χ2n) is 6.67. The minimum absolute atomic E-state index is 0.0278. The maximum atomic E-state index is 14.4. The average Bonchev–Trinajstić information content (AvgIpc) is 2.78. The molecule has 3 aromatic carbocycles. The van der Waals surface area contributed by atoms with Gasteiger partial charge in [0.15, 0.2) is 0 Å². The maximum absolute atomic E-state index is 14.4. The van der Waals surface area contributed by atoms with E-state index in [1.54, 1.807) is 30.3 Å². The number of fused-ring (bicyclic) bond motifs is 1. The molecule has 0 aliphatic rings. The number of benzene rings is 3. The van der Waals surface area contributed by atoms with Crippen molar-refractivity contribution in [2.24, 2.45) is 0 Å². The molecule has 0 saturated heterocycles. The van der Waals surface area contributed by atoms with E-state index in [0.717, 1.165) is 0 Å². The summed E-state index contributed by atoms with van der Waals surface area (Å²) in [7, 11) is -1.10. The van der Waals surface area contributed by atoms with Crippen molar-refractivity contribution in [3.8, 4) is 22.6 Å². The molecule has 0 fully saturated rings. The molecule has 0 amide bonds. The summed E-state index contributed by atoms with van der Waals surface area (Å²) in [6.45, 7) is 0. The average molecular weight is 458 g/mol. The fraction of sp³-hybridized carbons (Fsp3) is 0.0870. The highest BCUT2D eigenvalue weighted by molar-refractivity contribution is 7.91. The van der Waals surface area contributed by atoms with Gasteiger partial charge in [-0.05, 0) is 42.0 Å². The number of para-hydroxylation sites is 1. The number of pyridine rings is 1. The molecule has 0 N–H and O–H groups in total. The molecule has 0 atom stereocenters. The standard InChI is InChI=1S/C23H17ClFNO4S/c1-29-15-6-3-5-14(11-15)22-17-7-4-8-19(25)23(17)26-13-21(22)31(27,28)16-9-10-20(30-2)18(24)12-16/h3-13H,1-2H3. The Kier molecular flexibility index (Phi) is 5.56. The first-order chi connectivity index (χ1) is 14.9. The van der Waals surface area contributed by atoms with Crippen LogP contribution in [0, 0.1) is 5.82 Å². The molecule has 0 unspecified atom stereocenters. The van der Waals surface area contributed by atoms with E-state index in [-0.39, 0.29) is 20.3 Å². The molecule has 4 rings (SSSR count). The predicted molar refractivity (Wildman–Crippen MR) is 117 cm³/mol. The fourth-order valence-corrected chi connectivity index (χ4v) is 5.17. The first-order valence-electron chi connectivity index (χ1n) is 9.17. The lowest BCUT2D eigenvalue weighted by atomic mass is 10.0. The third-order valence-electron chi connectivity index (χ3n) is 4.89. The lowest BCUT2D eigenvalue weighted by Gasteiger charge is -2.15. The van der Waals surface area contributed by atoms with Gasteiger partial charge < -0.3 is 9.47 Å². The quantitative estimate of drug-likeness (QED) is 0.393. The third-order valence-corrected chi connectivity index (χ3v) is 6.95. The molecular formula is C23H17ClFNO4S. The Morgan fingerprint density at radius 2 is 1.74 bits per heavy atom. The number of methoxy groups -OCH3 is 2. The molecule has 0 spiro atoms. The van der Waals surface area contributed by atoms with E-state index in [1.807, 2.05) is 0 Å². The Balaban J connectivity index is 2.05. The van der Waals surface area contributed by atoms with Gasteiger partial charge in [0.25, 0.3) is 0 Å². The molecule has 158 valence electrons. The summed E-state index contributed by atoms with van der Waals surface area (Å²) in [5.74, 6) is 0.347. The van der Waals surface area contributed by atoms with Gasteiger partial charge in [-0.25, -0.2) is 12.8 Å². The number of sulfone groups is 1. The minimum Gasteiger partial charge on any atom is -0.497 e. The summed E-state index contributed by atoms with van der Waals surface area (Å²) >= 11 is 6.16. The van der Waals surface area contributed by atoms with Gasteiger partial charge in [-0.1, -0.05) is 35.9 Å². The van der Waals surface area contributed by atoms with Crippen LogP contribution in [0.15, 0.2) is 76.7 Å². The Labute approximate surface area is 183 Å². The SMILES string of the molecule is COc1cccc(-c2c(S(=O)(=O)c3ccc(OC)c(Cl)c3)cnc3c(F)cccc23)c1. The number of ether oxygens (including phenoxy) is 2. The van der Waals surface area contributed by atoms with Crippen LogP contribution < -0.4 is 9.47 Å². The third kappa shape index (κ3) is 3.71. The first kappa shape index (κ1) is 21.1. The van der Waals surface area contributed by atoms with Crippen molar-refractivity contribution in [2.75, 3.05) is 14.2 Å². The predicted octanol–water partition coefficient (Wildman–Crippen LogP) is 5.54. The lowest BCUT2D eigenvalue weighted by molar-refractivity contribution is 0.414. The highest BCUT2D eigenvalue weighted by Crippen LogP contribution is 2.39. The number of nitrogens with zero attached hydrogens (tertiary/aromatic N) is 1. The maximum Gasteiger partial charge on any atom is 0.208 e. The molecule has 0 bridgehead atoms. The van der Waals surface area contributed by atoms with Crippen LogP contribution in [0.5, 0.6) is 11.5 Å². The van der Waals surface area contributed by atoms with Crippen LogP contribution in [-0.2, 0) is 9.84 Å². The van der Waals surface area contributed by atoms with Gasteiger partial charge in [0.1, 0.15) is 22.8 Å². The molecule has 0 aliphatic heterocycles. The van der Waals surface area contributed by atoms with Crippen molar-refractivity contribution >= 4 is 32.3 Å². The van der Waals surface area contributed by atoms with Crippen molar-refractivity contribution in [2.45, 2.75) is 9.79 Å². The summed E-state index contributed by atoms with van der Waals surface area (Å²) in [6, 6.07) is 15.6. The first-order valence-corrected chi connectivity index (χ1v) is 11.0. The van der Waals surface area contributed by atoms with E-state index < -0.39 is 15.7 Å². The van der Waals surface area contributed by atoms with Crippen LogP contribution in [0.3, 0.4) is 0 Å². The number of hydrogen-bond acceptors (Lipinski definition) is 5. The molecule has 4 aromatic rings. The van der Waals surface area contributed by atoms with Crippen LogP contribution in [0.1, 0.15) is 0 Å². The monoisotopic (exact) mass is 457 g/mol. The molecule has 1 aromatic heterocycles. The van der Waals surface area contributed by atoms with Gasteiger partial charge >= 0.3 is 0 Å². The fourth-order valence-electron chi connectivity index (χ4n) is 3.39. The number of halogens is 2. The summed E-state index contributed by atoms with van der Waals surface area (Å²) in [5, 5.41) is 0.528. The molecule has 1 heterocycles. The van der Waals surface area contributed by atoms with Gasteiger partial charge in [0.05, 0.1) is 29.0 Å². The molecule has 5 nitrogen and oxygen atoms in total. The van der Waals surface area contributed by atoms with Crippen molar-refractivity contribution in [1.29, 1.82) is 0 Å².